The van der Waals surface area contributed by atoms with Crippen LogP contribution in [0.1, 0.15) is 79.1 Å². The second kappa shape index (κ2) is 4.18. The predicted molar refractivity (Wildman–Crippen MR) is 87.4 cm³/mol. The van der Waals surface area contributed by atoms with E-state index in [0.717, 1.165) is 31.6 Å². The van der Waals surface area contributed by atoms with Crippen molar-refractivity contribution >= 4 is 5.78 Å². The first-order valence-electron chi connectivity index (χ1n) is 9.35. The van der Waals surface area contributed by atoms with Gasteiger partial charge in [0, 0.05) is 12.8 Å². The molecule has 0 aromatic carbocycles. The Balaban J connectivity index is 1.79. The summed E-state index contributed by atoms with van der Waals surface area (Å²) in [7, 11) is 0. The van der Waals surface area contributed by atoms with Crippen molar-refractivity contribution in [2.45, 2.75) is 84.7 Å². The SMILES string of the molecule is CC1(C)CC(=O)C[C@@]2(C)[C@H]1CC[C@H]1C[C@H]3CC12CC[C@]3(C)O. The Hall–Kier alpha value is -0.370. The average Bonchev–Trinajstić information content (AvgIpc) is 2.71. The fourth-order valence-electron chi connectivity index (χ4n) is 7.79. The third kappa shape index (κ3) is 1.68. The number of fused-ring (bicyclic) bond motifs is 2. The monoisotopic (exact) mass is 304 g/mol. The van der Waals surface area contributed by atoms with Crippen LogP contribution in [-0.4, -0.2) is 16.5 Å². The molecule has 0 saturated heterocycles. The van der Waals surface area contributed by atoms with Gasteiger partial charge in [-0.05, 0) is 79.4 Å². The molecule has 4 fully saturated rings. The molecule has 1 spiro atoms. The molecule has 124 valence electrons. The molecule has 2 nitrogen and oxygen atoms in total. The summed E-state index contributed by atoms with van der Waals surface area (Å²) in [5, 5.41) is 10.8. The van der Waals surface area contributed by atoms with E-state index in [2.05, 4.69) is 27.7 Å². The van der Waals surface area contributed by atoms with E-state index >= 15 is 0 Å². The highest BCUT2D eigenvalue weighted by atomic mass is 16.3. The van der Waals surface area contributed by atoms with E-state index in [-0.39, 0.29) is 10.8 Å². The Morgan fingerprint density at radius 2 is 1.73 bits per heavy atom. The number of carbonyl (C=O) groups is 1. The second-order valence-electron chi connectivity index (χ2n) is 10.3. The number of carbonyl (C=O) groups excluding carboxylic acids is 1. The Bertz CT molecular complexity index is 520. The number of hydrogen-bond donors (Lipinski definition) is 1. The summed E-state index contributed by atoms with van der Waals surface area (Å²) < 4.78 is 0. The lowest BCUT2D eigenvalue weighted by atomic mass is 9.39. The molecule has 2 bridgehead atoms. The summed E-state index contributed by atoms with van der Waals surface area (Å²) in [5.74, 6) is 2.37. The molecule has 2 heteroatoms. The van der Waals surface area contributed by atoms with Gasteiger partial charge in [0.15, 0.2) is 0 Å². The Morgan fingerprint density at radius 3 is 2.45 bits per heavy atom. The standard InChI is InChI=1S/C20H32O2/c1-17(2)11-15(21)12-18(3)16(17)6-5-13-9-14-10-20(13,18)8-7-19(14,4)22/h13-14,16,22H,5-12H2,1-4H3/t13-,14-,16-,18-,19-,20?/m0/s1. The molecule has 0 heterocycles. The van der Waals surface area contributed by atoms with Crippen molar-refractivity contribution in [3.63, 3.8) is 0 Å². The summed E-state index contributed by atoms with van der Waals surface area (Å²) in [6.07, 6.45) is 8.62. The minimum absolute atomic E-state index is 0.155. The number of hydrogen-bond acceptors (Lipinski definition) is 2. The predicted octanol–water partition coefficient (Wildman–Crippen LogP) is 4.35. The molecule has 1 N–H and O–H groups in total. The van der Waals surface area contributed by atoms with Gasteiger partial charge in [-0.3, -0.25) is 4.79 Å². The van der Waals surface area contributed by atoms with Crippen LogP contribution in [0, 0.1) is 34.0 Å². The van der Waals surface area contributed by atoms with Gasteiger partial charge in [-0.1, -0.05) is 20.8 Å². The van der Waals surface area contributed by atoms with E-state index in [1.165, 1.54) is 25.7 Å². The van der Waals surface area contributed by atoms with E-state index in [0.29, 0.717) is 23.0 Å². The molecule has 4 aliphatic carbocycles. The lowest BCUT2D eigenvalue weighted by Crippen LogP contribution is -2.59. The highest BCUT2D eigenvalue weighted by molar-refractivity contribution is 5.81. The molecule has 0 aliphatic heterocycles. The zero-order valence-corrected chi connectivity index (χ0v) is 14.7. The molecular weight excluding hydrogens is 272 g/mol. The maximum absolute atomic E-state index is 12.6. The van der Waals surface area contributed by atoms with Crippen LogP contribution in [0.2, 0.25) is 0 Å². The molecule has 22 heavy (non-hydrogen) atoms. The van der Waals surface area contributed by atoms with Gasteiger partial charge in [-0.15, -0.1) is 0 Å². The Labute approximate surface area is 135 Å². The molecule has 4 saturated carbocycles. The van der Waals surface area contributed by atoms with Crippen molar-refractivity contribution in [3.05, 3.63) is 0 Å². The van der Waals surface area contributed by atoms with E-state index in [1.54, 1.807) is 0 Å². The lowest BCUT2D eigenvalue weighted by Gasteiger charge is -2.64. The lowest BCUT2D eigenvalue weighted by molar-refractivity contribution is -0.177. The van der Waals surface area contributed by atoms with Crippen LogP contribution >= 0.6 is 0 Å². The van der Waals surface area contributed by atoms with Crippen LogP contribution in [0.15, 0.2) is 0 Å². The van der Waals surface area contributed by atoms with Crippen molar-refractivity contribution in [3.8, 4) is 0 Å². The summed E-state index contributed by atoms with van der Waals surface area (Å²) in [4.78, 5) is 12.6. The normalized spacial score (nSPS) is 56.4. The smallest absolute Gasteiger partial charge is 0.134 e. The van der Waals surface area contributed by atoms with E-state index < -0.39 is 5.60 Å². The van der Waals surface area contributed by atoms with E-state index in [4.69, 9.17) is 0 Å². The largest absolute Gasteiger partial charge is 0.390 e. The third-order valence-electron chi connectivity index (χ3n) is 8.79. The zero-order chi connectivity index (χ0) is 16.0. The number of ketones is 1. The van der Waals surface area contributed by atoms with Gasteiger partial charge in [-0.2, -0.15) is 0 Å². The minimum atomic E-state index is -0.470. The second-order valence-corrected chi connectivity index (χ2v) is 10.3. The maximum atomic E-state index is 12.6. The van der Waals surface area contributed by atoms with Crippen molar-refractivity contribution < 1.29 is 9.90 Å². The van der Waals surface area contributed by atoms with Gasteiger partial charge < -0.3 is 5.11 Å². The molecular formula is C20H32O2. The van der Waals surface area contributed by atoms with Crippen molar-refractivity contribution in [2.24, 2.45) is 34.0 Å². The first-order valence-corrected chi connectivity index (χ1v) is 9.35. The molecule has 0 aromatic heterocycles. The molecule has 4 aliphatic rings. The first-order chi connectivity index (χ1) is 10.1. The number of aliphatic hydroxyl groups is 1. The van der Waals surface area contributed by atoms with Gasteiger partial charge in [0.05, 0.1) is 5.60 Å². The zero-order valence-electron chi connectivity index (χ0n) is 14.7. The number of rotatable bonds is 0. The Kier molecular flexibility index (Phi) is 2.88. The van der Waals surface area contributed by atoms with Crippen LogP contribution in [-0.2, 0) is 4.79 Å². The van der Waals surface area contributed by atoms with E-state index in [1.807, 2.05) is 0 Å². The molecule has 0 radical (unpaired) electrons. The number of Topliss-reactive ketones (excluding diaryl/α,β-unsaturated/α-hetero) is 1. The van der Waals surface area contributed by atoms with Gasteiger partial charge in [0.1, 0.15) is 5.78 Å². The molecule has 6 atom stereocenters. The van der Waals surface area contributed by atoms with E-state index in [9.17, 15) is 9.90 Å². The van der Waals surface area contributed by atoms with Crippen molar-refractivity contribution in [1.29, 1.82) is 0 Å². The van der Waals surface area contributed by atoms with Crippen LogP contribution in [0.3, 0.4) is 0 Å². The van der Waals surface area contributed by atoms with Crippen LogP contribution < -0.4 is 0 Å². The summed E-state index contributed by atoms with van der Waals surface area (Å²) in [5.41, 5.74) is 0.181. The third-order valence-corrected chi connectivity index (χ3v) is 8.79. The summed E-state index contributed by atoms with van der Waals surface area (Å²) in [6, 6.07) is 0. The Morgan fingerprint density at radius 1 is 1.00 bits per heavy atom. The average molecular weight is 304 g/mol. The highest BCUT2D eigenvalue weighted by Gasteiger charge is 2.69. The van der Waals surface area contributed by atoms with Crippen LogP contribution in [0.4, 0.5) is 0 Å². The molecule has 1 unspecified atom stereocenters. The fourth-order valence-corrected chi connectivity index (χ4v) is 7.79. The maximum Gasteiger partial charge on any atom is 0.134 e. The molecule has 0 aromatic rings. The molecule has 4 rings (SSSR count). The van der Waals surface area contributed by atoms with Crippen LogP contribution in [0.5, 0.6) is 0 Å². The quantitative estimate of drug-likeness (QED) is 0.722. The van der Waals surface area contributed by atoms with Gasteiger partial charge >= 0.3 is 0 Å². The highest BCUT2D eigenvalue weighted by Crippen LogP contribution is 2.74. The topological polar surface area (TPSA) is 37.3 Å². The van der Waals surface area contributed by atoms with Gasteiger partial charge in [-0.25, -0.2) is 0 Å². The first kappa shape index (κ1) is 15.2. The summed E-state index contributed by atoms with van der Waals surface area (Å²) >= 11 is 0. The minimum Gasteiger partial charge on any atom is -0.390 e. The van der Waals surface area contributed by atoms with Crippen molar-refractivity contribution in [2.75, 3.05) is 0 Å². The van der Waals surface area contributed by atoms with Gasteiger partial charge in [0.25, 0.3) is 0 Å². The summed E-state index contributed by atoms with van der Waals surface area (Å²) in [6.45, 7) is 9.16. The van der Waals surface area contributed by atoms with Crippen LogP contribution in [0.25, 0.3) is 0 Å². The van der Waals surface area contributed by atoms with Crippen molar-refractivity contribution in [1.82, 2.24) is 0 Å². The molecule has 0 amide bonds. The fraction of sp³-hybridized carbons (Fsp3) is 0.950. The van der Waals surface area contributed by atoms with Gasteiger partial charge in [0.2, 0.25) is 0 Å².